The minimum Gasteiger partial charge on any atom is -0.302 e. The molecule has 4 rings (SSSR count). The quantitative estimate of drug-likeness (QED) is 0.245. The largest absolute Gasteiger partial charge is 0.302 e. The Morgan fingerprint density at radius 3 is 2.66 bits per heavy atom. The fraction of sp³-hybridized carbons (Fsp3) is 0.136. The zero-order valence-electron chi connectivity index (χ0n) is 15.7. The van der Waals surface area contributed by atoms with Gasteiger partial charge in [0.05, 0.1) is 10.7 Å². The lowest BCUT2D eigenvalue weighted by Gasteiger charge is -2.07. The second-order valence-electron chi connectivity index (χ2n) is 6.37. The van der Waals surface area contributed by atoms with Crippen LogP contribution in [0.15, 0.2) is 77.8 Å². The van der Waals surface area contributed by atoms with E-state index in [0.29, 0.717) is 6.54 Å². The monoisotopic (exact) mass is 438 g/mol. The minimum absolute atomic E-state index is 0.680. The van der Waals surface area contributed by atoms with Crippen LogP contribution in [-0.4, -0.2) is 19.7 Å². The first-order chi connectivity index (χ1) is 14.2. The van der Waals surface area contributed by atoms with E-state index in [1.165, 1.54) is 5.56 Å². The molecule has 0 atom stereocenters. The summed E-state index contributed by atoms with van der Waals surface area (Å²) in [6.45, 7) is 4.56. The smallest absolute Gasteiger partial charge is 0.191 e. The van der Waals surface area contributed by atoms with Gasteiger partial charge in [0.1, 0.15) is 10.8 Å². The Morgan fingerprint density at radius 1 is 1.07 bits per heavy atom. The van der Waals surface area contributed by atoms with Gasteiger partial charge in [-0.05, 0) is 11.6 Å². The van der Waals surface area contributed by atoms with Gasteiger partial charge in [-0.3, -0.25) is 0 Å². The molecule has 4 aromatic rings. The third kappa shape index (κ3) is 4.78. The zero-order chi connectivity index (χ0) is 20.1. The Morgan fingerprint density at radius 2 is 1.86 bits per heavy atom. The van der Waals surface area contributed by atoms with Crippen LogP contribution < -0.4 is 0 Å². The summed E-state index contributed by atoms with van der Waals surface area (Å²) in [7, 11) is 0. The molecule has 0 unspecified atom stereocenters. The van der Waals surface area contributed by atoms with Crippen molar-refractivity contribution in [3.05, 3.63) is 94.7 Å². The summed E-state index contributed by atoms with van der Waals surface area (Å²) in [6, 6.07) is 18.1. The fourth-order valence-electron chi connectivity index (χ4n) is 2.92. The molecule has 2 aromatic carbocycles. The average Bonchev–Trinajstić information content (AvgIpc) is 3.36. The first-order valence-electron chi connectivity index (χ1n) is 9.13. The van der Waals surface area contributed by atoms with Gasteiger partial charge in [0, 0.05) is 29.7 Å². The van der Waals surface area contributed by atoms with Gasteiger partial charge in [-0.15, -0.1) is 28.1 Å². The van der Waals surface area contributed by atoms with Crippen molar-refractivity contribution in [3.8, 4) is 10.6 Å². The maximum Gasteiger partial charge on any atom is 0.191 e. The van der Waals surface area contributed by atoms with Crippen molar-refractivity contribution in [1.82, 2.24) is 19.7 Å². The highest BCUT2D eigenvalue weighted by Crippen LogP contribution is 2.32. The molecule has 0 bridgehead atoms. The number of benzene rings is 2. The number of rotatable bonds is 8. The highest BCUT2D eigenvalue weighted by molar-refractivity contribution is 7.98. The summed E-state index contributed by atoms with van der Waals surface area (Å²) in [5.41, 5.74) is 3.19. The van der Waals surface area contributed by atoms with E-state index in [4.69, 9.17) is 16.6 Å². The minimum atomic E-state index is 0.680. The van der Waals surface area contributed by atoms with Crippen molar-refractivity contribution >= 4 is 34.7 Å². The zero-order valence-corrected chi connectivity index (χ0v) is 18.1. The van der Waals surface area contributed by atoms with E-state index >= 15 is 0 Å². The van der Waals surface area contributed by atoms with Gasteiger partial charge in [-0.25, -0.2) is 4.98 Å². The number of thioether (sulfide) groups is 1. The van der Waals surface area contributed by atoms with E-state index in [2.05, 4.69) is 38.9 Å². The lowest BCUT2D eigenvalue weighted by molar-refractivity contribution is 0.690. The highest BCUT2D eigenvalue weighted by atomic mass is 35.5. The Balaban J connectivity index is 1.49. The first-order valence-corrected chi connectivity index (χ1v) is 11.4. The predicted octanol–water partition coefficient (Wildman–Crippen LogP) is 6.12. The van der Waals surface area contributed by atoms with Crippen LogP contribution in [0.4, 0.5) is 0 Å². The van der Waals surface area contributed by atoms with Gasteiger partial charge >= 0.3 is 0 Å². The molecular weight excluding hydrogens is 420 g/mol. The summed E-state index contributed by atoms with van der Waals surface area (Å²) in [5, 5.41) is 13.4. The lowest BCUT2D eigenvalue weighted by Crippen LogP contribution is -2.04. The number of hydrogen-bond donors (Lipinski definition) is 0. The lowest BCUT2D eigenvalue weighted by atomic mass is 10.1. The van der Waals surface area contributed by atoms with Gasteiger partial charge < -0.3 is 4.57 Å². The van der Waals surface area contributed by atoms with E-state index in [1.54, 1.807) is 23.1 Å². The molecule has 0 fully saturated rings. The van der Waals surface area contributed by atoms with Gasteiger partial charge in [-0.2, -0.15) is 0 Å². The maximum absolute atomic E-state index is 6.30. The topological polar surface area (TPSA) is 43.6 Å². The third-order valence-electron chi connectivity index (χ3n) is 4.32. The van der Waals surface area contributed by atoms with Crippen molar-refractivity contribution in [2.45, 2.75) is 23.9 Å². The normalized spacial score (nSPS) is 10.9. The molecule has 146 valence electrons. The summed E-state index contributed by atoms with van der Waals surface area (Å²) < 4.78 is 2.12. The van der Waals surface area contributed by atoms with Crippen LogP contribution in [0, 0.1) is 0 Å². The molecule has 0 aliphatic rings. The van der Waals surface area contributed by atoms with E-state index in [9.17, 15) is 0 Å². The van der Waals surface area contributed by atoms with Crippen LogP contribution >= 0.6 is 34.7 Å². The standard InChI is InChI=1S/C22H19ClN4S2/c1-2-12-27-20(13-16-8-4-3-5-9-16)25-26-22(27)29-15-17-14-28-21(24-17)18-10-6-7-11-19(18)23/h2-11,14H,1,12-13,15H2. The number of halogens is 1. The number of aromatic nitrogens is 4. The summed E-state index contributed by atoms with van der Waals surface area (Å²) >= 11 is 9.54. The molecule has 0 aliphatic heterocycles. The summed E-state index contributed by atoms with van der Waals surface area (Å²) in [6.07, 6.45) is 2.62. The molecule has 0 saturated carbocycles. The Bertz CT molecular complexity index is 1100. The molecule has 0 N–H and O–H groups in total. The van der Waals surface area contributed by atoms with Crippen molar-refractivity contribution in [2.75, 3.05) is 0 Å². The molecule has 2 aromatic heterocycles. The average molecular weight is 439 g/mol. The van der Waals surface area contributed by atoms with Crippen LogP contribution in [-0.2, 0) is 18.7 Å². The van der Waals surface area contributed by atoms with Crippen LogP contribution in [0.3, 0.4) is 0 Å². The van der Waals surface area contributed by atoms with Gasteiger partial charge in [0.25, 0.3) is 0 Å². The number of nitrogens with zero attached hydrogens (tertiary/aromatic N) is 4. The SMILES string of the molecule is C=CCn1c(Cc2ccccc2)nnc1SCc1csc(-c2ccccc2Cl)n1. The summed E-state index contributed by atoms with van der Waals surface area (Å²) in [4.78, 5) is 4.74. The maximum atomic E-state index is 6.30. The fourth-order valence-corrected chi connectivity index (χ4v) is 5.02. The second kappa shape index (κ2) is 9.39. The van der Waals surface area contributed by atoms with E-state index < -0.39 is 0 Å². The van der Waals surface area contributed by atoms with E-state index in [0.717, 1.165) is 44.4 Å². The van der Waals surface area contributed by atoms with Gasteiger partial charge in [-0.1, -0.05) is 78.0 Å². The molecule has 4 nitrogen and oxygen atoms in total. The van der Waals surface area contributed by atoms with Crippen LogP contribution in [0.2, 0.25) is 5.02 Å². The highest BCUT2D eigenvalue weighted by Gasteiger charge is 2.14. The number of thiazole rings is 1. The number of hydrogen-bond acceptors (Lipinski definition) is 5. The first kappa shape index (κ1) is 19.9. The summed E-state index contributed by atoms with van der Waals surface area (Å²) in [5.74, 6) is 1.66. The van der Waals surface area contributed by atoms with Gasteiger partial charge in [0.15, 0.2) is 5.16 Å². The number of allylic oxidation sites excluding steroid dienone is 1. The third-order valence-corrected chi connectivity index (χ3v) is 6.57. The second-order valence-corrected chi connectivity index (χ2v) is 8.58. The van der Waals surface area contributed by atoms with Crippen molar-refractivity contribution in [1.29, 1.82) is 0 Å². The molecule has 7 heteroatoms. The molecule has 0 aliphatic carbocycles. The molecule has 0 saturated heterocycles. The van der Waals surface area contributed by atoms with E-state index in [1.807, 2.05) is 48.5 Å². The van der Waals surface area contributed by atoms with Crippen LogP contribution in [0.1, 0.15) is 17.1 Å². The van der Waals surface area contributed by atoms with Crippen molar-refractivity contribution in [2.24, 2.45) is 0 Å². The van der Waals surface area contributed by atoms with E-state index in [-0.39, 0.29) is 0 Å². The molecule has 0 amide bonds. The molecule has 2 heterocycles. The van der Waals surface area contributed by atoms with Crippen LogP contribution in [0.5, 0.6) is 0 Å². The Labute approximate surface area is 183 Å². The molecule has 0 spiro atoms. The Hall–Kier alpha value is -2.41. The Kier molecular flexibility index (Phi) is 6.44. The van der Waals surface area contributed by atoms with Crippen LogP contribution in [0.25, 0.3) is 10.6 Å². The van der Waals surface area contributed by atoms with Crippen molar-refractivity contribution < 1.29 is 0 Å². The molecule has 0 radical (unpaired) electrons. The van der Waals surface area contributed by atoms with Crippen molar-refractivity contribution in [3.63, 3.8) is 0 Å². The predicted molar refractivity (Wildman–Crippen MR) is 122 cm³/mol. The van der Waals surface area contributed by atoms with Gasteiger partial charge in [0.2, 0.25) is 0 Å². The molecule has 29 heavy (non-hydrogen) atoms. The molecular formula is C22H19ClN4S2.